The first-order chi connectivity index (χ1) is 12.3. The molecule has 2 N–H and O–H groups in total. The van der Waals surface area contributed by atoms with Crippen molar-refractivity contribution in [2.45, 2.75) is 31.2 Å². The van der Waals surface area contributed by atoms with E-state index in [0.29, 0.717) is 12.4 Å². The van der Waals surface area contributed by atoms with Crippen LogP contribution in [0.25, 0.3) is 0 Å². The molecule has 5 nitrogen and oxygen atoms in total. The maximum Gasteiger partial charge on any atom is 0.213 e. The van der Waals surface area contributed by atoms with E-state index in [9.17, 15) is 0 Å². The molecule has 1 saturated carbocycles. The average molecular weight is 338 g/mol. The van der Waals surface area contributed by atoms with Crippen LogP contribution in [0.3, 0.4) is 0 Å². The summed E-state index contributed by atoms with van der Waals surface area (Å²) in [7, 11) is 3.42. The largest absolute Gasteiger partial charge is 0.481 e. The molecule has 132 valence electrons. The zero-order valence-corrected chi connectivity index (χ0v) is 15.0. The van der Waals surface area contributed by atoms with Crippen molar-refractivity contribution in [2.75, 3.05) is 20.7 Å². The Morgan fingerprint density at radius 1 is 1.12 bits per heavy atom. The Kier molecular flexibility index (Phi) is 5.53. The highest BCUT2D eigenvalue weighted by Gasteiger charge is 2.38. The maximum atomic E-state index is 5.17. The van der Waals surface area contributed by atoms with Gasteiger partial charge in [-0.15, -0.1) is 0 Å². The highest BCUT2D eigenvalue weighted by Crippen LogP contribution is 2.43. The zero-order chi connectivity index (χ0) is 17.5. The lowest BCUT2D eigenvalue weighted by Gasteiger charge is -2.43. The summed E-state index contributed by atoms with van der Waals surface area (Å²) in [4.78, 5) is 8.75. The minimum absolute atomic E-state index is 0.229. The Hall–Kier alpha value is -2.56. The zero-order valence-electron chi connectivity index (χ0n) is 15.0. The molecule has 2 aromatic rings. The Balaban J connectivity index is 1.57. The molecule has 5 heteroatoms. The molecular weight excluding hydrogens is 312 g/mol. The predicted octanol–water partition coefficient (Wildman–Crippen LogP) is 2.88. The Morgan fingerprint density at radius 2 is 1.92 bits per heavy atom. The number of nitrogens with zero attached hydrogens (tertiary/aromatic N) is 2. The van der Waals surface area contributed by atoms with Crippen LogP contribution in [0.5, 0.6) is 5.88 Å². The van der Waals surface area contributed by atoms with Crippen LogP contribution in [0.4, 0.5) is 0 Å². The van der Waals surface area contributed by atoms with Gasteiger partial charge < -0.3 is 15.4 Å². The van der Waals surface area contributed by atoms with Gasteiger partial charge in [-0.05, 0) is 24.5 Å². The molecule has 3 rings (SSSR count). The number of pyridine rings is 1. The number of benzene rings is 1. The molecule has 0 aliphatic heterocycles. The van der Waals surface area contributed by atoms with E-state index in [-0.39, 0.29) is 5.41 Å². The number of hydrogen-bond donors (Lipinski definition) is 2. The van der Waals surface area contributed by atoms with Gasteiger partial charge in [0.2, 0.25) is 5.88 Å². The second-order valence-electron chi connectivity index (χ2n) is 6.45. The molecule has 0 amide bonds. The third-order valence-corrected chi connectivity index (χ3v) is 4.94. The van der Waals surface area contributed by atoms with Gasteiger partial charge in [-0.2, -0.15) is 0 Å². The maximum absolute atomic E-state index is 5.17. The number of rotatable bonds is 6. The summed E-state index contributed by atoms with van der Waals surface area (Å²) in [5.41, 5.74) is 2.56. The van der Waals surface area contributed by atoms with Crippen molar-refractivity contribution >= 4 is 5.96 Å². The molecule has 1 aliphatic carbocycles. The van der Waals surface area contributed by atoms with Gasteiger partial charge in [0.25, 0.3) is 0 Å². The molecule has 25 heavy (non-hydrogen) atoms. The molecule has 1 heterocycles. The molecule has 0 saturated heterocycles. The highest BCUT2D eigenvalue weighted by atomic mass is 16.5. The smallest absolute Gasteiger partial charge is 0.213 e. The number of guanidine groups is 1. The second-order valence-corrected chi connectivity index (χ2v) is 6.45. The number of aromatic nitrogens is 1. The number of aliphatic imine (C=N–C) groups is 1. The van der Waals surface area contributed by atoms with Crippen LogP contribution >= 0.6 is 0 Å². The lowest BCUT2D eigenvalue weighted by molar-refractivity contribution is 0.244. The van der Waals surface area contributed by atoms with Crippen molar-refractivity contribution in [2.24, 2.45) is 4.99 Å². The fourth-order valence-corrected chi connectivity index (χ4v) is 3.28. The third-order valence-electron chi connectivity index (χ3n) is 4.94. The normalized spacial score (nSPS) is 16.0. The fourth-order valence-electron chi connectivity index (χ4n) is 3.28. The van der Waals surface area contributed by atoms with Gasteiger partial charge in [-0.3, -0.25) is 4.99 Å². The third kappa shape index (κ3) is 4.10. The van der Waals surface area contributed by atoms with Crippen molar-refractivity contribution in [1.82, 2.24) is 15.6 Å². The minimum Gasteiger partial charge on any atom is -0.481 e. The quantitative estimate of drug-likeness (QED) is 0.628. The molecule has 1 fully saturated rings. The van der Waals surface area contributed by atoms with E-state index >= 15 is 0 Å². The van der Waals surface area contributed by atoms with E-state index in [0.717, 1.165) is 18.2 Å². The van der Waals surface area contributed by atoms with E-state index < -0.39 is 0 Å². The summed E-state index contributed by atoms with van der Waals surface area (Å²) in [5, 5.41) is 6.82. The van der Waals surface area contributed by atoms with Gasteiger partial charge in [0, 0.05) is 25.1 Å². The Bertz CT molecular complexity index is 711. The average Bonchev–Trinajstić information content (AvgIpc) is 2.64. The van der Waals surface area contributed by atoms with E-state index in [1.165, 1.54) is 24.8 Å². The molecule has 1 aromatic carbocycles. The van der Waals surface area contributed by atoms with E-state index in [2.05, 4.69) is 50.9 Å². The van der Waals surface area contributed by atoms with Gasteiger partial charge in [-0.25, -0.2) is 4.98 Å². The summed E-state index contributed by atoms with van der Waals surface area (Å²) < 4.78 is 5.17. The van der Waals surface area contributed by atoms with Crippen molar-refractivity contribution in [1.29, 1.82) is 0 Å². The first-order valence-corrected chi connectivity index (χ1v) is 8.76. The monoisotopic (exact) mass is 338 g/mol. The van der Waals surface area contributed by atoms with Crippen LogP contribution in [0.15, 0.2) is 53.5 Å². The summed E-state index contributed by atoms with van der Waals surface area (Å²) in [6, 6.07) is 16.5. The van der Waals surface area contributed by atoms with Gasteiger partial charge in [0.15, 0.2) is 5.96 Å². The molecule has 0 unspecified atom stereocenters. The predicted molar refractivity (Wildman–Crippen MR) is 101 cm³/mol. The SMILES string of the molecule is CN=C(NCc1cccc(OC)n1)NCC1(c2ccccc2)CCC1. The number of ether oxygens (including phenoxy) is 1. The van der Waals surface area contributed by atoms with Gasteiger partial charge in [0.05, 0.1) is 19.3 Å². The Morgan fingerprint density at radius 3 is 2.56 bits per heavy atom. The van der Waals surface area contributed by atoms with E-state index in [1.807, 2.05) is 18.2 Å². The molecule has 0 bridgehead atoms. The molecular formula is C20H26N4O. The molecule has 0 atom stereocenters. The summed E-state index contributed by atoms with van der Waals surface area (Å²) >= 11 is 0. The van der Waals surface area contributed by atoms with Gasteiger partial charge >= 0.3 is 0 Å². The van der Waals surface area contributed by atoms with E-state index in [1.54, 1.807) is 14.2 Å². The number of nitrogens with one attached hydrogen (secondary N) is 2. The van der Waals surface area contributed by atoms with Crippen LogP contribution in [0.1, 0.15) is 30.5 Å². The highest BCUT2D eigenvalue weighted by molar-refractivity contribution is 5.79. The summed E-state index contributed by atoms with van der Waals surface area (Å²) in [5.74, 6) is 1.42. The van der Waals surface area contributed by atoms with E-state index in [4.69, 9.17) is 4.74 Å². The van der Waals surface area contributed by atoms with Crippen LogP contribution in [0.2, 0.25) is 0 Å². The van der Waals surface area contributed by atoms with Crippen LogP contribution in [-0.2, 0) is 12.0 Å². The van der Waals surface area contributed by atoms with Crippen molar-refractivity contribution in [3.63, 3.8) is 0 Å². The van der Waals surface area contributed by atoms with Crippen LogP contribution < -0.4 is 15.4 Å². The first kappa shape index (κ1) is 17.3. The van der Waals surface area contributed by atoms with Crippen molar-refractivity contribution in [3.8, 4) is 5.88 Å². The minimum atomic E-state index is 0.229. The molecule has 1 aromatic heterocycles. The number of hydrogen-bond acceptors (Lipinski definition) is 3. The topological polar surface area (TPSA) is 58.5 Å². The lowest BCUT2D eigenvalue weighted by atomic mass is 9.64. The summed E-state index contributed by atoms with van der Waals surface area (Å²) in [6.45, 7) is 1.50. The fraction of sp³-hybridized carbons (Fsp3) is 0.400. The van der Waals surface area contributed by atoms with Gasteiger partial charge in [-0.1, -0.05) is 42.8 Å². The number of methoxy groups -OCH3 is 1. The Labute approximate surface area is 149 Å². The van der Waals surface area contributed by atoms with Crippen molar-refractivity contribution in [3.05, 3.63) is 59.8 Å². The van der Waals surface area contributed by atoms with Gasteiger partial charge in [0.1, 0.15) is 0 Å². The summed E-state index contributed by atoms with van der Waals surface area (Å²) in [6.07, 6.45) is 3.73. The lowest BCUT2D eigenvalue weighted by Crippen LogP contribution is -2.48. The van der Waals surface area contributed by atoms with Crippen LogP contribution in [-0.4, -0.2) is 31.6 Å². The first-order valence-electron chi connectivity index (χ1n) is 8.76. The van der Waals surface area contributed by atoms with Crippen LogP contribution in [0, 0.1) is 0 Å². The second kappa shape index (κ2) is 8.01. The molecule has 1 aliphatic rings. The standard InChI is InChI=1S/C20H26N4O/c1-21-19(22-14-17-10-6-11-18(24-17)25-2)23-15-20(12-7-13-20)16-8-4-3-5-9-16/h3-6,8-11H,7,12-15H2,1-2H3,(H2,21,22,23). The molecule has 0 spiro atoms. The van der Waals surface area contributed by atoms with Crippen molar-refractivity contribution < 1.29 is 4.74 Å². The molecule has 0 radical (unpaired) electrons.